The van der Waals surface area contributed by atoms with Crippen LogP contribution in [-0.4, -0.2) is 19.1 Å². The molecule has 0 fully saturated rings. The van der Waals surface area contributed by atoms with Crippen LogP contribution < -0.4 is 15.8 Å². The van der Waals surface area contributed by atoms with Gasteiger partial charge in [-0.1, -0.05) is 30.4 Å². The Balaban J connectivity index is 2.61. The van der Waals surface area contributed by atoms with Gasteiger partial charge in [-0.2, -0.15) is 0 Å². The maximum atomic E-state index is 5.75. The normalized spacial score (nSPS) is 11.1. The van der Waals surface area contributed by atoms with Crippen LogP contribution in [0, 0.1) is 0 Å². The zero-order valence-corrected chi connectivity index (χ0v) is 11.1. The van der Waals surface area contributed by atoms with E-state index in [0.717, 1.165) is 16.9 Å². The number of aliphatic imine (C=N–C) groups is 1. The van der Waals surface area contributed by atoms with E-state index in [0.29, 0.717) is 25.7 Å². The predicted molar refractivity (Wildman–Crippen MR) is 75.8 cm³/mol. The Morgan fingerprint density at radius 3 is 2.83 bits per heavy atom. The van der Waals surface area contributed by atoms with Crippen LogP contribution in [0.4, 0.5) is 0 Å². The molecule has 1 aromatic rings. The topological polar surface area (TPSA) is 59.6 Å². The van der Waals surface area contributed by atoms with Gasteiger partial charge in [-0.3, -0.25) is 0 Å². The Morgan fingerprint density at radius 2 is 2.17 bits per heavy atom. The Hall–Kier alpha value is -1.97. The van der Waals surface area contributed by atoms with Crippen LogP contribution in [0.5, 0.6) is 5.75 Å². The molecule has 0 aliphatic heterocycles. The number of para-hydroxylation sites is 1. The van der Waals surface area contributed by atoms with Gasteiger partial charge < -0.3 is 15.8 Å². The summed E-state index contributed by atoms with van der Waals surface area (Å²) < 4.78 is 5.52. The van der Waals surface area contributed by atoms with Crippen LogP contribution >= 0.6 is 0 Å². The van der Waals surface area contributed by atoms with E-state index in [1.165, 1.54) is 0 Å². The number of rotatable bonds is 6. The van der Waals surface area contributed by atoms with Gasteiger partial charge in [0.1, 0.15) is 5.75 Å². The highest BCUT2D eigenvalue weighted by Crippen LogP contribution is 2.18. The van der Waals surface area contributed by atoms with Crippen LogP contribution in [0.15, 0.2) is 41.4 Å². The van der Waals surface area contributed by atoms with E-state index in [2.05, 4.69) is 16.9 Å². The Bertz CT molecular complexity index is 427. The van der Waals surface area contributed by atoms with Crippen LogP contribution in [0.25, 0.3) is 0 Å². The molecule has 98 valence electrons. The van der Waals surface area contributed by atoms with Gasteiger partial charge in [0.15, 0.2) is 5.96 Å². The lowest BCUT2D eigenvalue weighted by Crippen LogP contribution is -2.32. The molecule has 3 N–H and O–H groups in total. The minimum atomic E-state index is 0.421. The predicted octanol–water partition coefficient (Wildman–Crippen LogP) is 2.07. The molecule has 0 heterocycles. The molecular weight excluding hydrogens is 226 g/mol. The quantitative estimate of drug-likeness (QED) is 0.459. The standard InChI is InChI=1S/C14H21N3O/c1-4-18-13-8-6-5-7-12(13)10-17-14(15)16-9-11(2)3/h5-8H,2,4,9-10H2,1,3H3,(H3,15,16,17). The first-order chi connectivity index (χ1) is 8.63. The fourth-order valence-electron chi connectivity index (χ4n) is 1.40. The first kappa shape index (κ1) is 14.1. The van der Waals surface area contributed by atoms with Crippen LogP contribution in [0.2, 0.25) is 0 Å². The number of nitrogens with two attached hydrogens (primary N) is 1. The Kier molecular flexibility index (Phi) is 5.77. The lowest BCUT2D eigenvalue weighted by atomic mass is 10.2. The maximum Gasteiger partial charge on any atom is 0.189 e. The number of guanidine groups is 1. The SMILES string of the molecule is C=C(C)CNC(N)=NCc1ccccc1OCC. The zero-order chi connectivity index (χ0) is 13.4. The fraction of sp³-hybridized carbons (Fsp3) is 0.357. The second-order valence-electron chi connectivity index (χ2n) is 4.05. The number of nitrogens with one attached hydrogen (secondary N) is 1. The summed E-state index contributed by atoms with van der Waals surface area (Å²) in [6, 6.07) is 7.83. The van der Waals surface area contributed by atoms with E-state index < -0.39 is 0 Å². The molecule has 0 atom stereocenters. The second kappa shape index (κ2) is 7.37. The van der Waals surface area contributed by atoms with Crippen molar-refractivity contribution in [2.75, 3.05) is 13.2 Å². The molecule has 0 aromatic heterocycles. The molecule has 0 spiro atoms. The van der Waals surface area contributed by atoms with Gasteiger partial charge in [0.2, 0.25) is 0 Å². The van der Waals surface area contributed by atoms with E-state index >= 15 is 0 Å². The molecular formula is C14H21N3O. The minimum Gasteiger partial charge on any atom is -0.494 e. The summed E-state index contributed by atoms with van der Waals surface area (Å²) in [5.74, 6) is 1.28. The van der Waals surface area contributed by atoms with Gasteiger partial charge in [-0.15, -0.1) is 0 Å². The van der Waals surface area contributed by atoms with Gasteiger partial charge in [-0.25, -0.2) is 4.99 Å². The summed E-state index contributed by atoms with van der Waals surface area (Å²) in [5, 5.41) is 2.99. The van der Waals surface area contributed by atoms with E-state index in [1.807, 2.05) is 38.1 Å². The summed E-state index contributed by atoms with van der Waals surface area (Å²) in [6.07, 6.45) is 0. The molecule has 4 nitrogen and oxygen atoms in total. The van der Waals surface area contributed by atoms with Crippen molar-refractivity contribution < 1.29 is 4.74 Å². The van der Waals surface area contributed by atoms with Crippen molar-refractivity contribution in [3.63, 3.8) is 0 Å². The first-order valence-corrected chi connectivity index (χ1v) is 6.02. The van der Waals surface area contributed by atoms with Gasteiger partial charge in [0.05, 0.1) is 13.2 Å². The lowest BCUT2D eigenvalue weighted by molar-refractivity contribution is 0.336. The number of hydrogen-bond acceptors (Lipinski definition) is 2. The smallest absolute Gasteiger partial charge is 0.189 e. The third kappa shape index (κ3) is 4.91. The van der Waals surface area contributed by atoms with Gasteiger partial charge in [0, 0.05) is 12.1 Å². The fourth-order valence-corrected chi connectivity index (χ4v) is 1.40. The lowest BCUT2D eigenvalue weighted by Gasteiger charge is -2.09. The molecule has 1 aromatic carbocycles. The van der Waals surface area contributed by atoms with E-state index in [4.69, 9.17) is 10.5 Å². The van der Waals surface area contributed by atoms with Crippen molar-refractivity contribution in [2.24, 2.45) is 10.7 Å². The Morgan fingerprint density at radius 1 is 1.44 bits per heavy atom. The summed E-state index contributed by atoms with van der Waals surface area (Å²) in [7, 11) is 0. The van der Waals surface area contributed by atoms with Gasteiger partial charge in [-0.05, 0) is 19.9 Å². The van der Waals surface area contributed by atoms with Crippen molar-refractivity contribution in [3.05, 3.63) is 42.0 Å². The molecule has 0 unspecified atom stereocenters. The van der Waals surface area contributed by atoms with Crippen LogP contribution in [0.3, 0.4) is 0 Å². The monoisotopic (exact) mass is 247 g/mol. The molecule has 0 aliphatic carbocycles. The van der Waals surface area contributed by atoms with E-state index in [9.17, 15) is 0 Å². The summed E-state index contributed by atoms with van der Waals surface area (Å²) in [5.41, 5.74) is 7.79. The molecule has 0 aliphatic rings. The maximum absolute atomic E-state index is 5.75. The first-order valence-electron chi connectivity index (χ1n) is 6.02. The summed E-state index contributed by atoms with van der Waals surface area (Å²) >= 11 is 0. The highest BCUT2D eigenvalue weighted by atomic mass is 16.5. The molecule has 0 radical (unpaired) electrons. The molecule has 0 saturated carbocycles. The summed E-state index contributed by atoms with van der Waals surface area (Å²) in [4.78, 5) is 4.27. The van der Waals surface area contributed by atoms with E-state index in [-0.39, 0.29) is 0 Å². The highest BCUT2D eigenvalue weighted by Gasteiger charge is 2.01. The van der Waals surface area contributed by atoms with Crippen molar-refractivity contribution >= 4 is 5.96 Å². The molecule has 0 saturated heterocycles. The van der Waals surface area contributed by atoms with Gasteiger partial charge >= 0.3 is 0 Å². The number of hydrogen-bond donors (Lipinski definition) is 2. The average Bonchev–Trinajstić information content (AvgIpc) is 2.35. The zero-order valence-electron chi connectivity index (χ0n) is 11.1. The second-order valence-corrected chi connectivity index (χ2v) is 4.05. The third-order valence-electron chi connectivity index (χ3n) is 2.26. The highest BCUT2D eigenvalue weighted by molar-refractivity contribution is 5.78. The summed E-state index contributed by atoms with van der Waals surface area (Å²) in [6.45, 7) is 9.48. The molecule has 18 heavy (non-hydrogen) atoms. The average molecular weight is 247 g/mol. The molecule has 1 rings (SSSR count). The molecule has 0 bridgehead atoms. The largest absolute Gasteiger partial charge is 0.494 e. The van der Waals surface area contributed by atoms with E-state index in [1.54, 1.807) is 0 Å². The van der Waals surface area contributed by atoms with Crippen molar-refractivity contribution in [3.8, 4) is 5.75 Å². The van der Waals surface area contributed by atoms with Crippen LogP contribution in [-0.2, 0) is 6.54 Å². The van der Waals surface area contributed by atoms with Gasteiger partial charge in [0.25, 0.3) is 0 Å². The number of ether oxygens (including phenoxy) is 1. The van der Waals surface area contributed by atoms with Crippen molar-refractivity contribution in [2.45, 2.75) is 20.4 Å². The van der Waals surface area contributed by atoms with Crippen molar-refractivity contribution in [1.29, 1.82) is 0 Å². The number of nitrogens with zero attached hydrogens (tertiary/aromatic N) is 1. The molecule has 4 heteroatoms. The molecule has 0 amide bonds. The minimum absolute atomic E-state index is 0.421. The Labute approximate surface area is 109 Å². The number of benzene rings is 1. The third-order valence-corrected chi connectivity index (χ3v) is 2.26. The van der Waals surface area contributed by atoms with Crippen LogP contribution in [0.1, 0.15) is 19.4 Å². The van der Waals surface area contributed by atoms with Crippen molar-refractivity contribution in [1.82, 2.24) is 5.32 Å².